The summed E-state index contributed by atoms with van der Waals surface area (Å²) in [6, 6.07) is 0.529. The molecule has 1 aliphatic rings. The highest BCUT2D eigenvalue weighted by Gasteiger charge is 2.26. The number of carboxylic acids is 1. The van der Waals surface area contributed by atoms with Crippen LogP contribution in [0.4, 0.5) is 0 Å². The fourth-order valence-corrected chi connectivity index (χ4v) is 2.95. The molecule has 4 nitrogen and oxygen atoms in total. The lowest BCUT2D eigenvalue weighted by Crippen LogP contribution is -2.50. The molecule has 118 valence electrons. The number of carboxylic acid groups (broad SMARTS) is 1. The van der Waals surface area contributed by atoms with Gasteiger partial charge in [0.1, 0.15) is 0 Å². The van der Waals surface area contributed by atoms with E-state index in [-0.39, 0.29) is 0 Å². The summed E-state index contributed by atoms with van der Waals surface area (Å²) in [4.78, 5) is 13.3. The molecule has 20 heavy (non-hydrogen) atoms. The Bertz CT molecular complexity index is 282. The van der Waals surface area contributed by atoms with Gasteiger partial charge in [0.05, 0.1) is 0 Å². The van der Waals surface area contributed by atoms with Crippen LogP contribution in [0.1, 0.15) is 52.9 Å². The number of nitrogens with zero attached hydrogens (tertiary/aromatic N) is 1. The Hall–Kier alpha value is -0.610. The van der Waals surface area contributed by atoms with Crippen molar-refractivity contribution in [3.63, 3.8) is 0 Å². The average molecular weight is 284 g/mol. The van der Waals surface area contributed by atoms with Crippen molar-refractivity contribution >= 4 is 5.97 Å². The summed E-state index contributed by atoms with van der Waals surface area (Å²) >= 11 is 0. The van der Waals surface area contributed by atoms with E-state index < -0.39 is 5.97 Å². The van der Waals surface area contributed by atoms with E-state index in [0.717, 1.165) is 39.0 Å². The predicted molar refractivity (Wildman–Crippen MR) is 83.0 cm³/mol. The van der Waals surface area contributed by atoms with E-state index >= 15 is 0 Å². The van der Waals surface area contributed by atoms with Crippen molar-refractivity contribution in [1.82, 2.24) is 10.2 Å². The topological polar surface area (TPSA) is 52.6 Å². The maximum absolute atomic E-state index is 10.8. The van der Waals surface area contributed by atoms with Gasteiger partial charge in [-0.25, -0.2) is 0 Å². The molecule has 2 N–H and O–H groups in total. The number of carbonyl (C=O) groups is 1. The van der Waals surface area contributed by atoms with Crippen LogP contribution in [0, 0.1) is 11.8 Å². The summed E-state index contributed by atoms with van der Waals surface area (Å²) in [5.41, 5.74) is 0. The molecule has 2 atom stereocenters. The van der Waals surface area contributed by atoms with Gasteiger partial charge in [0.15, 0.2) is 0 Å². The fraction of sp³-hybridized carbons (Fsp3) is 0.938. The van der Waals surface area contributed by atoms with E-state index in [9.17, 15) is 4.79 Å². The van der Waals surface area contributed by atoms with Crippen LogP contribution in [0.3, 0.4) is 0 Å². The van der Waals surface area contributed by atoms with E-state index in [4.69, 9.17) is 5.11 Å². The molecule has 0 aliphatic carbocycles. The average Bonchev–Trinajstić information content (AvgIpc) is 2.40. The highest BCUT2D eigenvalue weighted by molar-refractivity contribution is 5.66. The lowest BCUT2D eigenvalue weighted by Gasteiger charge is -2.38. The molecule has 1 saturated heterocycles. The third-order valence-corrected chi connectivity index (χ3v) is 4.02. The second-order valence-electron chi connectivity index (χ2n) is 6.65. The molecule has 1 fully saturated rings. The van der Waals surface area contributed by atoms with Gasteiger partial charge < -0.3 is 15.3 Å². The molecule has 0 aromatic heterocycles. The lowest BCUT2D eigenvalue weighted by molar-refractivity contribution is -0.137. The second-order valence-corrected chi connectivity index (χ2v) is 6.65. The quantitative estimate of drug-likeness (QED) is 0.683. The van der Waals surface area contributed by atoms with Crippen molar-refractivity contribution in [2.75, 3.05) is 26.2 Å². The van der Waals surface area contributed by atoms with Gasteiger partial charge >= 0.3 is 5.97 Å². The van der Waals surface area contributed by atoms with Gasteiger partial charge in [-0.1, -0.05) is 27.2 Å². The maximum atomic E-state index is 10.8. The smallest absolute Gasteiger partial charge is 0.303 e. The van der Waals surface area contributed by atoms with E-state index in [1.165, 1.54) is 12.8 Å². The molecule has 4 heteroatoms. The Morgan fingerprint density at radius 2 is 2.15 bits per heavy atom. The molecule has 0 aromatic rings. The Kier molecular flexibility index (Phi) is 8.15. The number of hydrogen-bond donors (Lipinski definition) is 2. The minimum absolute atomic E-state index is 0.309. The standard InChI is InChI=1S/C16H32N2O2/c1-4-5-8-18-11-14(6-7-16(19)20)9-15(12-18)17-10-13(2)3/h13-15,17H,4-12H2,1-3H3,(H,19,20). The van der Waals surface area contributed by atoms with Gasteiger partial charge in [0.2, 0.25) is 0 Å². The van der Waals surface area contributed by atoms with Gasteiger partial charge in [0.25, 0.3) is 0 Å². The van der Waals surface area contributed by atoms with Crippen molar-refractivity contribution in [2.24, 2.45) is 11.8 Å². The van der Waals surface area contributed by atoms with Gasteiger partial charge in [-0.05, 0) is 44.2 Å². The first-order valence-electron chi connectivity index (χ1n) is 8.18. The van der Waals surface area contributed by atoms with Crippen molar-refractivity contribution in [2.45, 2.75) is 58.9 Å². The highest BCUT2D eigenvalue weighted by atomic mass is 16.4. The number of hydrogen-bond acceptors (Lipinski definition) is 3. The molecule has 0 aromatic carbocycles. The first-order chi connectivity index (χ1) is 9.51. The highest BCUT2D eigenvalue weighted by Crippen LogP contribution is 2.22. The summed E-state index contributed by atoms with van der Waals surface area (Å²) in [5.74, 6) is 0.530. The van der Waals surface area contributed by atoms with Crippen LogP contribution in [0.25, 0.3) is 0 Å². The van der Waals surface area contributed by atoms with Crippen LogP contribution in [0.5, 0.6) is 0 Å². The molecule has 0 radical (unpaired) electrons. The molecule has 0 spiro atoms. The number of likely N-dealkylation sites (tertiary alicyclic amines) is 1. The third-order valence-electron chi connectivity index (χ3n) is 4.02. The summed E-state index contributed by atoms with van der Waals surface area (Å²) in [5, 5.41) is 12.5. The minimum atomic E-state index is -0.664. The van der Waals surface area contributed by atoms with Crippen LogP contribution < -0.4 is 5.32 Å². The largest absolute Gasteiger partial charge is 0.481 e. The summed E-state index contributed by atoms with van der Waals surface area (Å²) in [6.07, 6.45) is 4.71. The second kappa shape index (κ2) is 9.35. The van der Waals surface area contributed by atoms with Gasteiger partial charge in [-0.2, -0.15) is 0 Å². The lowest BCUT2D eigenvalue weighted by atomic mass is 9.90. The van der Waals surface area contributed by atoms with Crippen molar-refractivity contribution in [1.29, 1.82) is 0 Å². The Morgan fingerprint density at radius 1 is 1.40 bits per heavy atom. The number of aliphatic carboxylic acids is 1. The minimum Gasteiger partial charge on any atom is -0.481 e. The normalized spacial score (nSPS) is 24.2. The zero-order valence-corrected chi connectivity index (χ0v) is 13.4. The number of piperidine rings is 1. The van der Waals surface area contributed by atoms with Crippen LogP contribution in [0.15, 0.2) is 0 Å². The third kappa shape index (κ3) is 7.25. The molecule has 2 unspecified atom stereocenters. The molecule has 0 saturated carbocycles. The number of unbranched alkanes of at least 4 members (excludes halogenated alkanes) is 1. The summed E-state index contributed by atoms with van der Waals surface area (Å²) < 4.78 is 0. The summed E-state index contributed by atoms with van der Waals surface area (Å²) in [6.45, 7) is 11.1. The molecule has 1 heterocycles. The number of nitrogens with one attached hydrogen (secondary N) is 1. The van der Waals surface area contributed by atoms with Gasteiger partial charge in [0, 0.05) is 25.6 Å². The SMILES string of the molecule is CCCCN1CC(CCC(=O)O)CC(NCC(C)C)C1. The van der Waals surface area contributed by atoms with Crippen LogP contribution >= 0.6 is 0 Å². The van der Waals surface area contributed by atoms with Crippen LogP contribution in [-0.2, 0) is 4.79 Å². The monoisotopic (exact) mass is 284 g/mol. The van der Waals surface area contributed by atoms with E-state index in [2.05, 4.69) is 31.0 Å². The van der Waals surface area contributed by atoms with Gasteiger partial charge in [-0.3, -0.25) is 4.79 Å². The Labute approximate surface area is 123 Å². The van der Waals surface area contributed by atoms with Crippen molar-refractivity contribution in [3.8, 4) is 0 Å². The first kappa shape index (κ1) is 17.4. The van der Waals surface area contributed by atoms with Gasteiger partial charge in [-0.15, -0.1) is 0 Å². The molecule has 1 rings (SSSR count). The predicted octanol–water partition coefficient (Wildman–Crippen LogP) is 2.59. The van der Waals surface area contributed by atoms with E-state index in [1.54, 1.807) is 0 Å². The molecule has 1 aliphatic heterocycles. The van der Waals surface area contributed by atoms with Crippen molar-refractivity contribution < 1.29 is 9.90 Å². The maximum Gasteiger partial charge on any atom is 0.303 e. The Morgan fingerprint density at radius 3 is 2.75 bits per heavy atom. The van der Waals surface area contributed by atoms with E-state index in [1.807, 2.05) is 0 Å². The molecule has 0 bridgehead atoms. The number of rotatable bonds is 9. The molecular weight excluding hydrogens is 252 g/mol. The van der Waals surface area contributed by atoms with E-state index in [0.29, 0.717) is 24.3 Å². The summed E-state index contributed by atoms with van der Waals surface area (Å²) in [7, 11) is 0. The first-order valence-corrected chi connectivity index (χ1v) is 8.18. The zero-order valence-electron chi connectivity index (χ0n) is 13.4. The van der Waals surface area contributed by atoms with Crippen LogP contribution in [-0.4, -0.2) is 48.2 Å². The zero-order chi connectivity index (χ0) is 15.0. The molecular formula is C16H32N2O2. The van der Waals surface area contributed by atoms with Crippen molar-refractivity contribution in [3.05, 3.63) is 0 Å². The van der Waals surface area contributed by atoms with Crippen LogP contribution in [0.2, 0.25) is 0 Å². The molecule has 0 amide bonds. The fourth-order valence-electron chi connectivity index (χ4n) is 2.95. The Balaban J connectivity index is 2.45.